The Morgan fingerprint density at radius 2 is 1.36 bits per heavy atom. The van der Waals surface area contributed by atoms with E-state index < -0.39 is 10.8 Å². The third kappa shape index (κ3) is 9.02. The average Bonchev–Trinajstić information content (AvgIpc) is 2.79. The molecule has 3 nitrogen and oxygen atoms in total. The molecule has 0 heterocycles. The molecular formula is C30H48O3. The topological polar surface area (TPSA) is 51.2 Å². The molecule has 0 radical (unpaired) electrons. The highest BCUT2D eigenvalue weighted by molar-refractivity contribution is 5.97. The van der Waals surface area contributed by atoms with E-state index in [0.717, 1.165) is 67.9 Å². The van der Waals surface area contributed by atoms with Gasteiger partial charge in [-0.05, 0) is 57.6 Å². The zero-order valence-electron chi connectivity index (χ0n) is 22.4. The van der Waals surface area contributed by atoms with Crippen molar-refractivity contribution in [2.75, 3.05) is 0 Å². The molecule has 1 rings (SSSR count). The van der Waals surface area contributed by atoms with Crippen molar-refractivity contribution in [3.63, 3.8) is 0 Å². The number of ketones is 2. The average molecular weight is 457 g/mol. The Kier molecular flexibility index (Phi) is 14.8. The van der Waals surface area contributed by atoms with Gasteiger partial charge in [-0.15, -0.1) is 0 Å². The minimum absolute atomic E-state index is 0.0661. The van der Waals surface area contributed by atoms with Crippen LogP contribution >= 0.6 is 0 Å². The van der Waals surface area contributed by atoms with Crippen molar-refractivity contribution in [1.82, 2.24) is 0 Å². The normalized spacial score (nSPS) is 14.3. The van der Waals surface area contributed by atoms with Gasteiger partial charge < -0.3 is 4.79 Å². The quantitative estimate of drug-likeness (QED) is 0.110. The monoisotopic (exact) mass is 456 g/mol. The Balaban J connectivity index is 0.00000497. The molecule has 3 heteroatoms. The van der Waals surface area contributed by atoms with Gasteiger partial charge in [-0.3, -0.25) is 9.59 Å². The number of hydrogen-bond donors (Lipinski definition) is 0. The summed E-state index contributed by atoms with van der Waals surface area (Å²) in [7, 11) is 0. The lowest BCUT2D eigenvalue weighted by Gasteiger charge is -2.33. The van der Waals surface area contributed by atoms with Crippen LogP contribution in [-0.4, -0.2) is 17.9 Å². The first-order chi connectivity index (χ1) is 15.7. The molecule has 1 aromatic rings. The van der Waals surface area contributed by atoms with Crippen LogP contribution in [0.3, 0.4) is 0 Å². The zero-order chi connectivity index (χ0) is 25.5. The predicted octanol–water partition coefficient (Wildman–Crippen LogP) is 7.88. The van der Waals surface area contributed by atoms with Gasteiger partial charge in [0.2, 0.25) is 0 Å². The molecule has 0 bridgehead atoms. The number of carbonyl (C=O) groups is 3. The first-order valence-electron chi connectivity index (χ1n) is 12.9. The molecule has 0 fully saturated rings. The first-order valence-corrected chi connectivity index (χ1v) is 12.9. The van der Waals surface area contributed by atoms with Crippen LogP contribution in [0.25, 0.3) is 0 Å². The largest absolute Gasteiger partial charge is 0.302 e. The molecule has 33 heavy (non-hydrogen) atoms. The number of allylic oxidation sites excluding steroid dienone is 1. The molecule has 1 aromatic carbocycles. The summed E-state index contributed by atoms with van der Waals surface area (Å²) in [5.74, 6) is 0.0932. The van der Waals surface area contributed by atoms with E-state index in [-0.39, 0.29) is 11.6 Å². The number of Topliss-reactive ketones (excluding diaryl/α,β-unsaturated/α-hetero) is 2. The van der Waals surface area contributed by atoms with Gasteiger partial charge in [-0.2, -0.15) is 0 Å². The van der Waals surface area contributed by atoms with Crippen molar-refractivity contribution in [2.45, 2.75) is 113 Å². The van der Waals surface area contributed by atoms with Crippen molar-refractivity contribution >= 4 is 17.9 Å². The number of carbonyl (C=O) groups excluding carboxylic acids is 3. The number of hydrogen-bond acceptors (Lipinski definition) is 3. The van der Waals surface area contributed by atoms with Gasteiger partial charge in [0.25, 0.3) is 0 Å². The van der Waals surface area contributed by atoms with Gasteiger partial charge in [0.1, 0.15) is 17.9 Å². The van der Waals surface area contributed by atoms with Crippen LogP contribution < -0.4 is 0 Å². The van der Waals surface area contributed by atoms with E-state index in [1.54, 1.807) is 6.92 Å². The van der Waals surface area contributed by atoms with Crippen LogP contribution in [0.5, 0.6) is 0 Å². The maximum Gasteiger partial charge on any atom is 0.143 e. The second-order valence-corrected chi connectivity index (χ2v) is 9.34. The smallest absolute Gasteiger partial charge is 0.143 e. The fraction of sp³-hybridized carbons (Fsp3) is 0.633. The molecule has 0 spiro atoms. The molecule has 0 aliphatic rings. The van der Waals surface area contributed by atoms with Gasteiger partial charge in [-0.1, -0.05) is 103 Å². The standard InChI is InChI=1S/C28H42O3.C2H6/c1-7-9-11-16-27(21-29,23(5)30)19-25-14-13-15-26(18-25)20-28(22(3)4,24(6)31)17-12-10-8-2;1-2/h13-15,18,21H,3,7-12,16-17,19-20H2,1-2,4-6H3;1-2H3. The van der Waals surface area contributed by atoms with E-state index in [2.05, 4.69) is 26.5 Å². The van der Waals surface area contributed by atoms with E-state index in [9.17, 15) is 14.4 Å². The first kappa shape index (κ1) is 31.0. The van der Waals surface area contributed by atoms with Gasteiger partial charge in [0, 0.05) is 0 Å². The molecule has 0 aromatic heterocycles. The molecule has 2 atom stereocenters. The predicted molar refractivity (Wildman–Crippen MR) is 141 cm³/mol. The second-order valence-electron chi connectivity index (χ2n) is 9.34. The number of unbranched alkanes of at least 4 members (excludes halogenated alkanes) is 4. The Bertz CT molecular complexity index is 748. The van der Waals surface area contributed by atoms with E-state index in [1.807, 2.05) is 39.0 Å². The molecule has 186 valence electrons. The van der Waals surface area contributed by atoms with Crippen molar-refractivity contribution < 1.29 is 14.4 Å². The highest BCUT2D eigenvalue weighted by atomic mass is 16.1. The van der Waals surface area contributed by atoms with Crippen LogP contribution in [0.2, 0.25) is 0 Å². The van der Waals surface area contributed by atoms with Gasteiger partial charge >= 0.3 is 0 Å². The summed E-state index contributed by atoms with van der Waals surface area (Å²) in [6.45, 7) is 17.6. The van der Waals surface area contributed by atoms with E-state index in [0.29, 0.717) is 19.3 Å². The van der Waals surface area contributed by atoms with Crippen LogP contribution in [0.1, 0.15) is 111 Å². The Morgan fingerprint density at radius 1 is 0.848 bits per heavy atom. The van der Waals surface area contributed by atoms with E-state index in [1.165, 1.54) is 6.92 Å². The maximum absolute atomic E-state index is 12.8. The van der Waals surface area contributed by atoms with Crippen molar-refractivity contribution in [3.05, 3.63) is 47.5 Å². The van der Waals surface area contributed by atoms with Crippen molar-refractivity contribution in [3.8, 4) is 0 Å². The summed E-state index contributed by atoms with van der Waals surface area (Å²) in [5, 5.41) is 0. The second kappa shape index (κ2) is 15.7. The van der Waals surface area contributed by atoms with Gasteiger partial charge in [0.05, 0.1) is 10.8 Å². The maximum atomic E-state index is 12.8. The molecule has 0 aliphatic heterocycles. The summed E-state index contributed by atoms with van der Waals surface area (Å²) in [5.41, 5.74) is 1.43. The third-order valence-electron chi connectivity index (χ3n) is 6.87. The number of aldehydes is 1. The van der Waals surface area contributed by atoms with Gasteiger partial charge in [0.15, 0.2) is 0 Å². The van der Waals surface area contributed by atoms with E-state index in [4.69, 9.17) is 0 Å². The lowest BCUT2D eigenvalue weighted by Crippen LogP contribution is -2.34. The summed E-state index contributed by atoms with van der Waals surface area (Å²) in [6, 6.07) is 8.07. The Morgan fingerprint density at radius 3 is 1.79 bits per heavy atom. The highest BCUT2D eigenvalue weighted by Crippen LogP contribution is 2.38. The molecule has 0 saturated carbocycles. The fourth-order valence-electron chi connectivity index (χ4n) is 4.56. The molecule has 0 N–H and O–H groups in total. The van der Waals surface area contributed by atoms with Crippen molar-refractivity contribution in [1.29, 1.82) is 0 Å². The van der Waals surface area contributed by atoms with Gasteiger partial charge in [-0.25, -0.2) is 0 Å². The minimum Gasteiger partial charge on any atom is -0.302 e. The summed E-state index contributed by atoms with van der Waals surface area (Å²) < 4.78 is 0. The zero-order valence-corrected chi connectivity index (χ0v) is 22.4. The molecule has 2 unspecified atom stereocenters. The van der Waals surface area contributed by atoms with Crippen molar-refractivity contribution in [2.24, 2.45) is 10.8 Å². The summed E-state index contributed by atoms with van der Waals surface area (Å²) >= 11 is 0. The molecule has 0 amide bonds. The minimum atomic E-state index is -0.957. The molecular weight excluding hydrogens is 408 g/mol. The third-order valence-corrected chi connectivity index (χ3v) is 6.87. The van der Waals surface area contributed by atoms with E-state index >= 15 is 0 Å². The number of benzene rings is 1. The molecule has 0 aliphatic carbocycles. The lowest BCUT2D eigenvalue weighted by atomic mass is 9.69. The van der Waals surface area contributed by atoms with Crippen LogP contribution in [0.15, 0.2) is 36.4 Å². The molecule has 0 saturated heterocycles. The Hall–Kier alpha value is -2.03. The van der Waals surface area contributed by atoms with Crippen LogP contribution in [-0.2, 0) is 27.2 Å². The van der Waals surface area contributed by atoms with Crippen LogP contribution in [0, 0.1) is 10.8 Å². The highest BCUT2D eigenvalue weighted by Gasteiger charge is 2.37. The van der Waals surface area contributed by atoms with Crippen LogP contribution in [0.4, 0.5) is 0 Å². The summed E-state index contributed by atoms with van der Waals surface area (Å²) in [4.78, 5) is 37.2. The fourth-order valence-corrected chi connectivity index (χ4v) is 4.56. The SMILES string of the molecule is C=C(C)C(CCCCC)(Cc1cccc(CC(C=O)(CCCCC)C(C)=O)c1)C(C)=O.CC. The number of rotatable bonds is 16. The summed E-state index contributed by atoms with van der Waals surface area (Å²) in [6.07, 6.45) is 9.41. The lowest BCUT2D eigenvalue weighted by molar-refractivity contribution is -0.133. The Labute approximate surface area is 203 Å².